The summed E-state index contributed by atoms with van der Waals surface area (Å²) in [5.41, 5.74) is 3.94. The number of carbonyl (C=O) groups is 3. The van der Waals surface area contributed by atoms with E-state index < -0.39 is 5.97 Å². The van der Waals surface area contributed by atoms with Crippen molar-refractivity contribution in [1.29, 1.82) is 0 Å². The number of rotatable bonds is 11. The quantitative estimate of drug-likeness (QED) is 0.208. The highest BCUT2D eigenvalue weighted by molar-refractivity contribution is 6.10. The number of nitrogens with zero attached hydrogens (tertiary/aromatic N) is 4. The molecule has 8 heteroatoms. The van der Waals surface area contributed by atoms with E-state index in [0.717, 1.165) is 17.0 Å². The predicted octanol–water partition coefficient (Wildman–Crippen LogP) is 6.79. The number of hydrogen-bond donors (Lipinski definition) is 1. The van der Waals surface area contributed by atoms with Crippen LogP contribution in [-0.4, -0.2) is 42.4 Å². The number of carboxylic acids is 1. The van der Waals surface area contributed by atoms with E-state index in [1.807, 2.05) is 48.7 Å². The second kappa shape index (κ2) is 11.9. The van der Waals surface area contributed by atoms with E-state index in [1.54, 1.807) is 18.2 Å². The van der Waals surface area contributed by atoms with Gasteiger partial charge < -0.3 is 9.67 Å². The van der Waals surface area contributed by atoms with Crippen LogP contribution in [-0.2, 0) is 13.0 Å². The van der Waals surface area contributed by atoms with Gasteiger partial charge in [0, 0.05) is 25.8 Å². The number of aromatic nitrogens is 4. The molecule has 4 aromatic rings. The van der Waals surface area contributed by atoms with Gasteiger partial charge in [-0.15, -0.1) is 10.2 Å². The zero-order valence-electron chi connectivity index (χ0n) is 23.8. The average molecular weight is 541 g/mol. The fourth-order valence-electron chi connectivity index (χ4n) is 4.84. The molecule has 0 aliphatic heterocycles. The zero-order chi connectivity index (χ0) is 29.0. The maximum Gasteiger partial charge on any atom is 0.336 e. The van der Waals surface area contributed by atoms with Crippen molar-refractivity contribution in [2.75, 3.05) is 0 Å². The Labute approximate surface area is 234 Å². The third-order valence-corrected chi connectivity index (χ3v) is 6.68. The molecule has 4 rings (SSSR count). The molecule has 0 aliphatic carbocycles. The van der Waals surface area contributed by atoms with Crippen LogP contribution in [0.2, 0.25) is 0 Å². The van der Waals surface area contributed by atoms with Gasteiger partial charge in [0.25, 0.3) is 0 Å². The van der Waals surface area contributed by atoms with E-state index in [0.29, 0.717) is 55.2 Å². The highest BCUT2D eigenvalue weighted by atomic mass is 16.4. The first-order valence-electron chi connectivity index (χ1n) is 13.8. The van der Waals surface area contributed by atoms with Gasteiger partial charge in [0.1, 0.15) is 16.9 Å². The highest BCUT2D eigenvalue weighted by Crippen LogP contribution is 2.30. The van der Waals surface area contributed by atoms with Crippen LogP contribution in [0.15, 0.2) is 48.5 Å². The fraction of sp³-hybridized carbons (Fsp3) is 0.375. The zero-order valence-corrected chi connectivity index (χ0v) is 23.8. The number of hydrogen-bond acceptors (Lipinski definition) is 6. The van der Waals surface area contributed by atoms with E-state index in [1.165, 1.54) is 0 Å². The van der Waals surface area contributed by atoms with E-state index >= 15 is 0 Å². The molecule has 208 valence electrons. The van der Waals surface area contributed by atoms with Crippen molar-refractivity contribution >= 4 is 28.6 Å². The number of Topliss-reactive ketones (excluding diaryl/α,β-unsaturated/α-hetero) is 2. The normalized spacial score (nSPS) is 11.6. The van der Waals surface area contributed by atoms with Crippen molar-refractivity contribution in [2.24, 2.45) is 5.41 Å². The molecule has 40 heavy (non-hydrogen) atoms. The first-order valence-corrected chi connectivity index (χ1v) is 13.8. The Morgan fingerprint density at radius 3 is 2.05 bits per heavy atom. The molecule has 0 unspecified atom stereocenters. The van der Waals surface area contributed by atoms with Crippen LogP contribution >= 0.6 is 0 Å². The van der Waals surface area contributed by atoms with Gasteiger partial charge in [0.15, 0.2) is 23.0 Å². The molecule has 0 saturated carbocycles. The smallest absolute Gasteiger partial charge is 0.336 e. The molecule has 0 saturated heterocycles. The lowest BCUT2D eigenvalue weighted by molar-refractivity contribution is 0.0697. The molecular weight excluding hydrogens is 504 g/mol. The summed E-state index contributed by atoms with van der Waals surface area (Å²) in [7, 11) is 0. The lowest BCUT2D eigenvalue weighted by atomic mass is 9.92. The van der Waals surface area contributed by atoms with E-state index in [4.69, 9.17) is 4.98 Å². The Bertz CT molecular complexity index is 1560. The molecule has 0 radical (unpaired) electrons. The first-order chi connectivity index (χ1) is 19.0. The Hall–Kier alpha value is -4.20. The molecule has 2 heterocycles. The van der Waals surface area contributed by atoms with Crippen LogP contribution in [0.1, 0.15) is 103 Å². The van der Waals surface area contributed by atoms with Crippen molar-refractivity contribution in [1.82, 2.24) is 19.7 Å². The minimum atomic E-state index is -0.977. The van der Waals surface area contributed by atoms with Crippen molar-refractivity contribution in [2.45, 2.75) is 73.3 Å². The van der Waals surface area contributed by atoms with Crippen LogP contribution in [0, 0.1) is 5.41 Å². The summed E-state index contributed by atoms with van der Waals surface area (Å²) in [5, 5.41) is 18.1. The second-order valence-corrected chi connectivity index (χ2v) is 11.3. The minimum Gasteiger partial charge on any atom is -0.478 e. The van der Waals surface area contributed by atoms with Gasteiger partial charge in [-0.25, -0.2) is 9.78 Å². The second-order valence-electron chi connectivity index (χ2n) is 11.3. The van der Waals surface area contributed by atoms with Gasteiger partial charge in [0.05, 0.1) is 5.56 Å². The maximum atomic E-state index is 13.2. The topological polar surface area (TPSA) is 115 Å². The summed E-state index contributed by atoms with van der Waals surface area (Å²) in [5.74, 6) is -0.481. The largest absolute Gasteiger partial charge is 0.478 e. The minimum absolute atomic E-state index is 0.106. The Morgan fingerprint density at radius 1 is 0.850 bits per heavy atom. The third kappa shape index (κ3) is 6.17. The molecule has 2 aromatic carbocycles. The van der Waals surface area contributed by atoms with Crippen molar-refractivity contribution in [3.8, 4) is 11.1 Å². The molecule has 0 bridgehead atoms. The summed E-state index contributed by atoms with van der Waals surface area (Å²) in [6.07, 6.45) is 2.61. The molecule has 0 atom stereocenters. The van der Waals surface area contributed by atoms with Gasteiger partial charge in [-0.2, -0.15) is 0 Å². The van der Waals surface area contributed by atoms with Crippen LogP contribution in [0.4, 0.5) is 0 Å². The Balaban J connectivity index is 1.87. The summed E-state index contributed by atoms with van der Waals surface area (Å²) in [6, 6.07) is 14.6. The summed E-state index contributed by atoms with van der Waals surface area (Å²) in [6.45, 7) is 10.6. The number of aromatic carboxylic acids is 1. The molecule has 0 amide bonds. The van der Waals surface area contributed by atoms with Crippen LogP contribution in [0.5, 0.6) is 0 Å². The lowest BCUT2D eigenvalue weighted by Gasteiger charge is -2.19. The van der Waals surface area contributed by atoms with Crippen molar-refractivity contribution in [3.05, 3.63) is 76.9 Å². The molecule has 0 fully saturated rings. The number of ketones is 2. The van der Waals surface area contributed by atoms with E-state index in [9.17, 15) is 19.5 Å². The lowest BCUT2D eigenvalue weighted by Crippen LogP contribution is -2.16. The summed E-state index contributed by atoms with van der Waals surface area (Å²) in [4.78, 5) is 42.8. The van der Waals surface area contributed by atoms with E-state index in [-0.39, 0.29) is 33.9 Å². The van der Waals surface area contributed by atoms with Crippen LogP contribution < -0.4 is 0 Å². The third-order valence-electron chi connectivity index (χ3n) is 6.68. The number of benzene rings is 2. The van der Waals surface area contributed by atoms with Gasteiger partial charge in [-0.05, 0) is 41.0 Å². The number of carboxylic acid groups (broad SMARTS) is 1. The highest BCUT2D eigenvalue weighted by Gasteiger charge is 2.27. The first kappa shape index (κ1) is 28.8. The summed E-state index contributed by atoms with van der Waals surface area (Å²) < 4.78 is 2.00. The number of carbonyl (C=O) groups excluding carboxylic acids is 2. The maximum absolute atomic E-state index is 13.2. The average Bonchev–Trinajstić information content (AvgIpc) is 3.24. The predicted molar refractivity (Wildman–Crippen MR) is 155 cm³/mol. The van der Waals surface area contributed by atoms with Crippen molar-refractivity contribution < 1.29 is 19.5 Å². The standard InChI is InChI=1S/C32H36N4O4/c1-6-10-24(37)27-29-30(28(35-34-27)25(38)11-7-2)36(26(33-29)18-32(3,4)5)19-20-14-16-21(17-15-20)22-12-8-9-13-23(22)31(39)40/h8-9,12-17H,6-7,10-11,18-19H2,1-5H3,(H,39,40). The molecule has 0 spiro atoms. The van der Waals surface area contributed by atoms with Gasteiger partial charge in [-0.3, -0.25) is 9.59 Å². The van der Waals surface area contributed by atoms with Gasteiger partial charge in [0.2, 0.25) is 0 Å². The Morgan fingerprint density at radius 2 is 1.45 bits per heavy atom. The number of fused-ring (bicyclic) bond motifs is 1. The monoisotopic (exact) mass is 540 g/mol. The van der Waals surface area contributed by atoms with Crippen LogP contribution in [0.3, 0.4) is 0 Å². The molecule has 1 N–H and O–H groups in total. The SMILES string of the molecule is CCCC(=O)c1nnc(C(=O)CCC)c2c1nc(CC(C)(C)C)n2Cc1ccc(-c2ccccc2C(=O)O)cc1. The molecule has 8 nitrogen and oxygen atoms in total. The van der Waals surface area contributed by atoms with E-state index in [2.05, 4.69) is 31.0 Å². The van der Waals surface area contributed by atoms with Crippen LogP contribution in [0.25, 0.3) is 22.2 Å². The fourth-order valence-corrected chi connectivity index (χ4v) is 4.84. The Kier molecular flexibility index (Phi) is 8.57. The number of imidazole rings is 1. The van der Waals surface area contributed by atoms with Gasteiger partial charge in [-0.1, -0.05) is 77.1 Å². The van der Waals surface area contributed by atoms with Crippen molar-refractivity contribution in [3.63, 3.8) is 0 Å². The molecule has 2 aromatic heterocycles. The molecule has 0 aliphatic rings. The molecular formula is C32H36N4O4. The summed E-state index contributed by atoms with van der Waals surface area (Å²) >= 11 is 0. The van der Waals surface area contributed by atoms with Gasteiger partial charge >= 0.3 is 5.97 Å².